The van der Waals surface area contributed by atoms with E-state index >= 15 is 0 Å². The molecule has 0 saturated carbocycles. The first-order valence-electron chi connectivity index (χ1n) is 27.0. The lowest BCUT2D eigenvalue weighted by molar-refractivity contribution is 0.633. The zero-order valence-corrected chi connectivity index (χ0v) is 23.7. The SMILES string of the molecule is [2H]c1c([2H])c([2H])c(-c2cccc(-c3oc4c(-c5c([2H])c([2H])c([2H])c([2H])c5[2H])c([2H])c([2H])c([2H])c4c3-c3c4c([2H])c([2H])c([2H])c([2H])c4c(-c4c([2H])c([2H])c([2H])c([2H])c4[2H])c4c([2H])c([2H])c([2H])c([2H])c34)c2)c([2H])c1[2H]. The maximum absolute atomic E-state index is 9.59. The normalized spacial score (nSPS) is 19.1. The van der Waals surface area contributed by atoms with Crippen LogP contribution in [0.3, 0.4) is 0 Å². The minimum absolute atomic E-state index is 0.0599. The van der Waals surface area contributed by atoms with Gasteiger partial charge < -0.3 is 4.42 Å². The Morgan fingerprint density at radius 2 is 0.851 bits per heavy atom. The molecule has 1 nitrogen and oxygen atoms in total. The summed E-state index contributed by atoms with van der Waals surface area (Å²) < 4.78 is 238. The molecular weight excluding hydrogens is 569 g/mol. The van der Waals surface area contributed by atoms with Crippen molar-refractivity contribution in [3.8, 4) is 55.8 Å². The van der Waals surface area contributed by atoms with Gasteiger partial charge in [0.2, 0.25) is 0 Å². The summed E-state index contributed by atoms with van der Waals surface area (Å²) in [5, 5.41) is -3.21. The molecular formula is C46H30O. The first kappa shape index (κ1) is 11.6. The first-order chi connectivity index (χ1) is 34.1. The molecule has 1 heteroatoms. The van der Waals surface area contributed by atoms with Crippen LogP contribution in [0.15, 0.2) is 186 Å². The van der Waals surface area contributed by atoms with Gasteiger partial charge in [0.15, 0.2) is 0 Å². The zero-order valence-electron chi connectivity index (χ0n) is 49.7. The van der Waals surface area contributed by atoms with Gasteiger partial charge in [-0.05, 0) is 55.4 Å². The second-order valence-corrected chi connectivity index (χ2v) is 10.1. The van der Waals surface area contributed by atoms with Crippen LogP contribution in [0, 0.1) is 0 Å². The number of furan rings is 1. The number of fused-ring (bicyclic) bond motifs is 3. The Morgan fingerprint density at radius 1 is 0.362 bits per heavy atom. The molecule has 0 bridgehead atoms. The maximum Gasteiger partial charge on any atom is 0.143 e. The third kappa shape index (κ3) is 4.56. The van der Waals surface area contributed by atoms with Crippen LogP contribution in [0.4, 0.5) is 0 Å². The minimum Gasteiger partial charge on any atom is -0.455 e. The summed E-state index contributed by atoms with van der Waals surface area (Å²) in [6.07, 6.45) is 0. The van der Waals surface area contributed by atoms with Crippen molar-refractivity contribution in [2.75, 3.05) is 0 Å². The van der Waals surface area contributed by atoms with Gasteiger partial charge in [-0.1, -0.05) is 175 Å². The molecule has 0 aliphatic rings. The van der Waals surface area contributed by atoms with Crippen molar-refractivity contribution in [1.82, 2.24) is 0 Å². The molecule has 0 aliphatic carbocycles. The van der Waals surface area contributed by atoms with Crippen LogP contribution in [0.2, 0.25) is 0 Å². The summed E-state index contributed by atoms with van der Waals surface area (Å²) in [4.78, 5) is 0. The van der Waals surface area contributed by atoms with E-state index < -0.39 is 229 Å². The number of para-hydroxylation sites is 1. The first-order valence-corrected chi connectivity index (χ1v) is 14.0. The second kappa shape index (κ2) is 11.3. The van der Waals surface area contributed by atoms with Gasteiger partial charge in [-0.25, -0.2) is 0 Å². The van der Waals surface area contributed by atoms with E-state index in [1.807, 2.05) is 0 Å². The lowest BCUT2D eigenvalue weighted by Gasteiger charge is -2.18. The van der Waals surface area contributed by atoms with E-state index in [0.29, 0.717) is 0 Å². The van der Waals surface area contributed by atoms with Crippen LogP contribution >= 0.6 is 0 Å². The van der Waals surface area contributed by atoms with E-state index in [9.17, 15) is 9.60 Å². The summed E-state index contributed by atoms with van der Waals surface area (Å²) >= 11 is 0. The highest BCUT2D eigenvalue weighted by Crippen LogP contribution is 2.50. The van der Waals surface area contributed by atoms with Crippen molar-refractivity contribution in [2.45, 2.75) is 0 Å². The molecule has 9 rings (SSSR count). The van der Waals surface area contributed by atoms with Crippen molar-refractivity contribution in [3.63, 3.8) is 0 Å². The monoisotopic (exact) mass is 624 g/mol. The Labute approximate surface area is 310 Å². The molecule has 47 heavy (non-hydrogen) atoms. The van der Waals surface area contributed by atoms with E-state index in [1.165, 1.54) is 24.3 Å². The fourth-order valence-corrected chi connectivity index (χ4v) is 5.64. The summed E-state index contributed by atoms with van der Waals surface area (Å²) in [5.74, 6) is -0.519. The summed E-state index contributed by atoms with van der Waals surface area (Å²) in [6.45, 7) is 0. The third-order valence-corrected chi connectivity index (χ3v) is 7.55. The van der Waals surface area contributed by atoms with Gasteiger partial charge in [0, 0.05) is 27.6 Å². The van der Waals surface area contributed by atoms with Crippen LogP contribution in [0.1, 0.15) is 35.6 Å². The Hall–Kier alpha value is -6.18. The van der Waals surface area contributed by atoms with Gasteiger partial charge in [0.1, 0.15) is 11.3 Å². The lowest BCUT2D eigenvalue weighted by atomic mass is 9.84. The lowest BCUT2D eigenvalue weighted by Crippen LogP contribution is -1.91. The van der Waals surface area contributed by atoms with Gasteiger partial charge in [0.25, 0.3) is 0 Å². The van der Waals surface area contributed by atoms with Gasteiger partial charge in [-0.2, -0.15) is 0 Å². The molecule has 0 unspecified atom stereocenters. The maximum atomic E-state index is 9.59. The van der Waals surface area contributed by atoms with Crippen LogP contribution in [0.25, 0.3) is 88.3 Å². The summed E-state index contributed by atoms with van der Waals surface area (Å²) in [5.41, 5.74) is -5.05. The van der Waals surface area contributed by atoms with Gasteiger partial charge in [-0.3, -0.25) is 0 Å². The van der Waals surface area contributed by atoms with Crippen LogP contribution in [-0.2, 0) is 0 Å². The van der Waals surface area contributed by atoms with Gasteiger partial charge >= 0.3 is 0 Å². The quantitative estimate of drug-likeness (QED) is 0.174. The Balaban J connectivity index is 1.65. The van der Waals surface area contributed by atoms with Gasteiger partial charge in [-0.15, -0.1) is 0 Å². The van der Waals surface area contributed by atoms with Crippen molar-refractivity contribution >= 4 is 32.5 Å². The average molecular weight is 625 g/mol. The third-order valence-electron chi connectivity index (χ3n) is 7.55. The Bertz CT molecular complexity index is 3880. The fourth-order valence-electron chi connectivity index (χ4n) is 5.64. The second-order valence-electron chi connectivity index (χ2n) is 10.1. The average Bonchev–Trinajstić information content (AvgIpc) is 3.77. The zero-order chi connectivity index (χ0) is 53.8. The molecule has 0 spiro atoms. The highest BCUT2D eigenvalue weighted by molar-refractivity contribution is 6.25. The molecule has 0 aliphatic heterocycles. The summed E-state index contributed by atoms with van der Waals surface area (Å²) in [7, 11) is 0. The Morgan fingerprint density at radius 3 is 1.47 bits per heavy atom. The number of hydrogen-bond donors (Lipinski definition) is 0. The fraction of sp³-hybridized carbons (Fsp3) is 0. The van der Waals surface area contributed by atoms with Crippen LogP contribution in [0.5, 0.6) is 0 Å². The highest BCUT2D eigenvalue weighted by atomic mass is 16.3. The van der Waals surface area contributed by atoms with E-state index in [-0.39, 0.29) is 16.7 Å². The largest absolute Gasteiger partial charge is 0.455 e. The van der Waals surface area contributed by atoms with Crippen molar-refractivity contribution in [2.24, 2.45) is 0 Å². The topological polar surface area (TPSA) is 13.1 Å². The minimum atomic E-state index is -0.955. The molecule has 1 heterocycles. The van der Waals surface area contributed by atoms with E-state index in [1.54, 1.807) is 0 Å². The molecule has 0 N–H and O–H groups in total. The summed E-state index contributed by atoms with van der Waals surface area (Å²) in [6, 6.07) is -17.4. The standard InChI is InChI=1S/C46H30O/c1-4-16-31(17-5-1)34-22-14-23-35(30-34)45-44(41-29-15-28-36(46(41)47-45)32-18-6-2-7-19-32)43-39-26-12-10-24-37(39)42(33-20-8-3-9-21-33)38-25-11-13-27-40(38)43/h1-30H/i1D,2D,3D,4D,5D,6D,7D,8D,9D,10D,11D,12D,13D,15D,16D,17D,18D,19D,20D,21D,24D,25D,26D,27D,28D,29D. The van der Waals surface area contributed by atoms with E-state index in [0.717, 1.165) is 0 Å². The number of rotatable bonds is 5. The molecule has 0 saturated heterocycles. The van der Waals surface area contributed by atoms with Crippen LogP contribution in [-0.4, -0.2) is 0 Å². The number of benzene rings is 8. The molecule has 1 aromatic heterocycles. The number of hydrogen-bond acceptors (Lipinski definition) is 1. The molecule has 0 radical (unpaired) electrons. The molecule has 0 atom stereocenters. The molecule has 9 aromatic rings. The molecule has 220 valence electrons. The predicted molar refractivity (Wildman–Crippen MR) is 198 cm³/mol. The van der Waals surface area contributed by atoms with E-state index in [2.05, 4.69) is 0 Å². The van der Waals surface area contributed by atoms with Crippen LogP contribution < -0.4 is 0 Å². The molecule has 0 amide bonds. The van der Waals surface area contributed by atoms with Crippen molar-refractivity contribution < 1.29 is 40.1 Å². The van der Waals surface area contributed by atoms with E-state index in [4.69, 9.17) is 30.5 Å². The Kier molecular flexibility index (Phi) is 2.78. The molecule has 0 fully saturated rings. The predicted octanol–water partition coefficient (Wildman–Crippen LogP) is 13.1. The van der Waals surface area contributed by atoms with Gasteiger partial charge in [0.05, 0.1) is 35.6 Å². The smallest absolute Gasteiger partial charge is 0.143 e. The van der Waals surface area contributed by atoms with Crippen molar-refractivity contribution in [3.05, 3.63) is 181 Å². The molecule has 8 aromatic carbocycles. The highest BCUT2D eigenvalue weighted by Gasteiger charge is 2.25. The van der Waals surface area contributed by atoms with Crippen molar-refractivity contribution in [1.29, 1.82) is 0 Å².